The van der Waals surface area contributed by atoms with Crippen molar-refractivity contribution in [2.45, 2.75) is 19.0 Å². The third-order valence-corrected chi connectivity index (χ3v) is 3.30. The molecule has 21 heavy (non-hydrogen) atoms. The zero-order chi connectivity index (χ0) is 15.2. The number of carbonyl (C=O) groups is 1. The molecule has 5 heteroatoms. The average molecular weight is 284 g/mol. The lowest BCUT2D eigenvalue weighted by molar-refractivity contribution is -0.523. The summed E-state index contributed by atoms with van der Waals surface area (Å²) in [6.07, 6.45) is 0. The molecule has 2 atom stereocenters. The van der Waals surface area contributed by atoms with Gasteiger partial charge in [-0.05, 0) is 17.7 Å². The maximum absolute atomic E-state index is 12.2. The highest BCUT2D eigenvalue weighted by molar-refractivity contribution is 5.94. The van der Waals surface area contributed by atoms with Crippen LogP contribution in [0.5, 0.6) is 0 Å². The lowest BCUT2D eigenvalue weighted by Crippen LogP contribution is -2.38. The van der Waals surface area contributed by atoms with Crippen LogP contribution in [0.3, 0.4) is 0 Å². The Morgan fingerprint density at radius 1 is 1.05 bits per heavy atom. The first-order chi connectivity index (χ1) is 10.1. The monoisotopic (exact) mass is 284 g/mol. The summed E-state index contributed by atoms with van der Waals surface area (Å²) >= 11 is 0. The number of rotatable bonds is 5. The van der Waals surface area contributed by atoms with Gasteiger partial charge in [-0.15, -0.1) is 0 Å². The summed E-state index contributed by atoms with van der Waals surface area (Å²) in [6.45, 7) is 1.49. The molecule has 0 spiro atoms. The molecule has 2 aromatic rings. The van der Waals surface area contributed by atoms with Crippen molar-refractivity contribution in [1.29, 1.82) is 0 Å². The van der Waals surface area contributed by atoms with Gasteiger partial charge >= 0.3 is 0 Å². The van der Waals surface area contributed by atoms with Crippen molar-refractivity contribution in [3.05, 3.63) is 81.9 Å². The van der Waals surface area contributed by atoms with Crippen molar-refractivity contribution in [1.82, 2.24) is 5.32 Å². The molecule has 1 N–H and O–H groups in total. The fourth-order valence-electron chi connectivity index (χ4n) is 2.08. The Bertz CT molecular complexity index is 614. The number of carbonyl (C=O) groups excluding carboxylic acids is 1. The van der Waals surface area contributed by atoms with Gasteiger partial charge in [0.05, 0.1) is 0 Å². The Labute approximate surface area is 122 Å². The van der Waals surface area contributed by atoms with Crippen molar-refractivity contribution in [2.24, 2.45) is 0 Å². The van der Waals surface area contributed by atoms with Crippen molar-refractivity contribution < 1.29 is 9.72 Å². The summed E-state index contributed by atoms with van der Waals surface area (Å²) in [7, 11) is 0. The van der Waals surface area contributed by atoms with Gasteiger partial charge in [0.2, 0.25) is 6.04 Å². The second-order valence-corrected chi connectivity index (χ2v) is 4.75. The molecule has 0 aliphatic heterocycles. The largest absolute Gasteiger partial charge is 0.338 e. The van der Waals surface area contributed by atoms with Gasteiger partial charge in [-0.1, -0.05) is 48.5 Å². The van der Waals surface area contributed by atoms with Crippen molar-refractivity contribution >= 4 is 5.91 Å². The van der Waals surface area contributed by atoms with Gasteiger partial charge in [-0.3, -0.25) is 14.9 Å². The fourth-order valence-corrected chi connectivity index (χ4v) is 2.08. The summed E-state index contributed by atoms with van der Waals surface area (Å²) in [6, 6.07) is 16.0. The number of nitrogens with one attached hydrogen (secondary N) is 1. The molecule has 0 radical (unpaired) electrons. The van der Waals surface area contributed by atoms with Crippen LogP contribution in [0, 0.1) is 10.1 Å². The van der Waals surface area contributed by atoms with Crippen LogP contribution in [0.1, 0.15) is 28.9 Å². The van der Waals surface area contributed by atoms with E-state index in [1.807, 2.05) is 12.1 Å². The molecule has 2 unspecified atom stereocenters. The first-order valence-electron chi connectivity index (χ1n) is 6.64. The van der Waals surface area contributed by atoms with Crippen molar-refractivity contribution in [3.63, 3.8) is 0 Å². The molecule has 0 saturated heterocycles. The second-order valence-electron chi connectivity index (χ2n) is 4.75. The predicted octanol–water partition coefficient (Wildman–Crippen LogP) is 2.82. The van der Waals surface area contributed by atoms with Gasteiger partial charge in [0.25, 0.3) is 5.91 Å². The number of nitro groups is 1. The van der Waals surface area contributed by atoms with E-state index in [0.717, 1.165) is 0 Å². The Morgan fingerprint density at radius 2 is 1.57 bits per heavy atom. The third-order valence-electron chi connectivity index (χ3n) is 3.30. The van der Waals surface area contributed by atoms with Crippen molar-refractivity contribution in [3.8, 4) is 0 Å². The highest BCUT2D eigenvalue weighted by Crippen LogP contribution is 2.19. The van der Waals surface area contributed by atoms with Crippen LogP contribution in [-0.2, 0) is 0 Å². The van der Waals surface area contributed by atoms with Gasteiger partial charge < -0.3 is 5.32 Å². The first kappa shape index (κ1) is 14.7. The molecule has 0 aliphatic carbocycles. The number of nitrogens with zero attached hydrogens (tertiary/aromatic N) is 1. The lowest BCUT2D eigenvalue weighted by atomic mass is 10.0. The van der Waals surface area contributed by atoms with Crippen LogP contribution in [0.25, 0.3) is 0 Å². The Morgan fingerprint density at radius 3 is 2.10 bits per heavy atom. The minimum atomic E-state index is -0.917. The SMILES string of the molecule is CC(C(NC(=O)c1ccccc1)c1ccccc1)[N+](=O)[O-]. The molecular weight excluding hydrogens is 268 g/mol. The molecular formula is C16H16N2O3. The molecule has 0 fully saturated rings. The standard InChI is InChI=1S/C16H16N2O3/c1-12(18(20)21)15(13-8-4-2-5-9-13)17-16(19)14-10-6-3-7-11-14/h2-12,15H,1H3,(H,17,19). The van der Waals surface area contributed by atoms with E-state index in [9.17, 15) is 14.9 Å². The van der Waals surface area contributed by atoms with E-state index in [-0.39, 0.29) is 10.8 Å². The molecule has 0 heterocycles. The Balaban J connectivity index is 2.25. The van der Waals surface area contributed by atoms with Gasteiger partial charge in [-0.25, -0.2) is 0 Å². The van der Waals surface area contributed by atoms with E-state index >= 15 is 0 Å². The van der Waals surface area contributed by atoms with Crippen LogP contribution in [0.4, 0.5) is 0 Å². The zero-order valence-corrected chi connectivity index (χ0v) is 11.6. The number of benzene rings is 2. The normalized spacial score (nSPS) is 13.2. The third kappa shape index (κ3) is 3.66. The molecule has 0 bridgehead atoms. The molecule has 0 saturated carbocycles. The average Bonchev–Trinajstić information content (AvgIpc) is 2.53. The molecule has 0 aliphatic rings. The van der Waals surface area contributed by atoms with Crippen LogP contribution in [0.2, 0.25) is 0 Å². The van der Waals surface area contributed by atoms with Crippen LogP contribution in [0.15, 0.2) is 60.7 Å². The van der Waals surface area contributed by atoms with E-state index < -0.39 is 12.1 Å². The van der Waals surface area contributed by atoms with Crippen LogP contribution >= 0.6 is 0 Å². The minimum Gasteiger partial charge on any atom is -0.338 e. The van der Waals surface area contributed by atoms with E-state index in [1.165, 1.54) is 6.92 Å². The zero-order valence-electron chi connectivity index (χ0n) is 11.6. The summed E-state index contributed by atoms with van der Waals surface area (Å²) in [4.78, 5) is 22.9. The minimum absolute atomic E-state index is 0.321. The van der Waals surface area contributed by atoms with Gasteiger partial charge in [0, 0.05) is 17.4 Å². The van der Waals surface area contributed by atoms with Crippen LogP contribution in [-0.4, -0.2) is 16.9 Å². The number of amides is 1. The summed E-state index contributed by atoms with van der Waals surface area (Å²) in [5.74, 6) is -0.321. The second kappa shape index (κ2) is 6.65. The number of hydrogen-bond acceptors (Lipinski definition) is 3. The van der Waals surface area contributed by atoms with E-state index in [2.05, 4.69) is 5.32 Å². The smallest absolute Gasteiger partial charge is 0.251 e. The summed E-state index contributed by atoms with van der Waals surface area (Å²) in [5.41, 5.74) is 1.19. The van der Waals surface area contributed by atoms with Crippen LogP contribution < -0.4 is 5.32 Å². The predicted molar refractivity (Wildman–Crippen MR) is 79.5 cm³/mol. The Kier molecular flexibility index (Phi) is 4.66. The van der Waals surface area contributed by atoms with E-state index in [1.54, 1.807) is 48.5 Å². The highest BCUT2D eigenvalue weighted by Gasteiger charge is 2.29. The fraction of sp³-hybridized carbons (Fsp3) is 0.188. The maximum Gasteiger partial charge on any atom is 0.251 e. The van der Waals surface area contributed by atoms with Crippen molar-refractivity contribution in [2.75, 3.05) is 0 Å². The summed E-state index contributed by atoms with van der Waals surface area (Å²) in [5, 5.41) is 13.8. The molecule has 108 valence electrons. The lowest BCUT2D eigenvalue weighted by Gasteiger charge is -2.20. The molecule has 2 rings (SSSR count). The number of hydrogen-bond donors (Lipinski definition) is 1. The highest BCUT2D eigenvalue weighted by atomic mass is 16.6. The topological polar surface area (TPSA) is 72.2 Å². The molecule has 2 aromatic carbocycles. The summed E-state index contributed by atoms with van der Waals surface area (Å²) < 4.78 is 0. The molecule has 0 aromatic heterocycles. The molecule has 1 amide bonds. The quantitative estimate of drug-likeness (QED) is 0.677. The van der Waals surface area contributed by atoms with Gasteiger partial charge in [0.15, 0.2) is 0 Å². The van der Waals surface area contributed by atoms with Gasteiger partial charge in [-0.2, -0.15) is 0 Å². The first-order valence-corrected chi connectivity index (χ1v) is 6.64. The van der Waals surface area contributed by atoms with E-state index in [4.69, 9.17) is 0 Å². The van der Waals surface area contributed by atoms with Gasteiger partial charge in [0.1, 0.15) is 6.04 Å². The van der Waals surface area contributed by atoms with E-state index in [0.29, 0.717) is 11.1 Å². The maximum atomic E-state index is 12.2. The molecule has 5 nitrogen and oxygen atoms in total. The Hall–Kier alpha value is -2.69.